The maximum absolute atomic E-state index is 12.4. The Bertz CT molecular complexity index is 525. The van der Waals surface area contributed by atoms with Crippen LogP contribution in [0.5, 0.6) is 0 Å². The second-order valence-corrected chi connectivity index (χ2v) is 6.97. The molecule has 0 aromatic carbocycles. The predicted octanol–water partition coefficient (Wildman–Crippen LogP) is 2.36. The standard InChI is InChI=1S/C17H28N4O.ClH/c1-12(13-5-4-8-18-10-13)9-17(22)20-15-6-3-7-16-14(15)11-19-21(16)2;/h11-13,15,18H,3-10H2,1-2H3,(H,20,22);1H. The number of nitrogens with zero attached hydrogens (tertiary/aromatic N) is 2. The third-order valence-electron chi connectivity index (χ3n) is 5.36. The minimum Gasteiger partial charge on any atom is -0.349 e. The van der Waals surface area contributed by atoms with E-state index in [0.717, 1.165) is 32.4 Å². The van der Waals surface area contributed by atoms with E-state index >= 15 is 0 Å². The molecule has 1 fully saturated rings. The van der Waals surface area contributed by atoms with Gasteiger partial charge in [0.25, 0.3) is 0 Å². The lowest BCUT2D eigenvalue weighted by Crippen LogP contribution is -2.37. The molecule has 130 valence electrons. The zero-order valence-electron chi connectivity index (χ0n) is 14.2. The number of hydrogen-bond acceptors (Lipinski definition) is 3. The Kier molecular flexibility index (Phi) is 6.48. The van der Waals surface area contributed by atoms with Gasteiger partial charge >= 0.3 is 0 Å². The van der Waals surface area contributed by atoms with Crippen LogP contribution in [0.1, 0.15) is 56.3 Å². The summed E-state index contributed by atoms with van der Waals surface area (Å²) in [6.07, 6.45) is 8.27. The van der Waals surface area contributed by atoms with E-state index in [1.165, 1.54) is 24.1 Å². The zero-order chi connectivity index (χ0) is 15.5. The van der Waals surface area contributed by atoms with Crippen LogP contribution in [0.4, 0.5) is 0 Å². The van der Waals surface area contributed by atoms with Crippen LogP contribution in [0.25, 0.3) is 0 Å². The van der Waals surface area contributed by atoms with Crippen molar-refractivity contribution in [2.45, 2.75) is 51.5 Å². The molecule has 2 N–H and O–H groups in total. The molecule has 1 amide bonds. The second kappa shape index (κ2) is 8.15. The van der Waals surface area contributed by atoms with Crippen molar-refractivity contribution in [1.29, 1.82) is 0 Å². The minimum atomic E-state index is 0. The van der Waals surface area contributed by atoms with E-state index in [4.69, 9.17) is 0 Å². The fourth-order valence-corrected chi connectivity index (χ4v) is 3.93. The molecule has 0 bridgehead atoms. The summed E-state index contributed by atoms with van der Waals surface area (Å²) in [5.74, 6) is 1.28. The van der Waals surface area contributed by atoms with E-state index < -0.39 is 0 Å². The van der Waals surface area contributed by atoms with Gasteiger partial charge in [0.05, 0.1) is 12.2 Å². The summed E-state index contributed by atoms with van der Waals surface area (Å²) in [5.41, 5.74) is 2.50. The highest BCUT2D eigenvalue weighted by Gasteiger charge is 2.27. The lowest BCUT2D eigenvalue weighted by atomic mass is 9.85. The molecule has 1 aromatic rings. The number of aromatic nitrogens is 2. The van der Waals surface area contributed by atoms with Crippen molar-refractivity contribution in [3.63, 3.8) is 0 Å². The van der Waals surface area contributed by atoms with Gasteiger partial charge in [-0.2, -0.15) is 5.10 Å². The van der Waals surface area contributed by atoms with Gasteiger partial charge in [0, 0.05) is 24.7 Å². The van der Waals surface area contributed by atoms with Crippen LogP contribution in [-0.2, 0) is 18.3 Å². The fraction of sp³-hybridized carbons (Fsp3) is 0.765. The van der Waals surface area contributed by atoms with Crippen LogP contribution in [0.2, 0.25) is 0 Å². The molecule has 1 aliphatic carbocycles. The van der Waals surface area contributed by atoms with Crippen LogP contribution < -0.4 is 10.6 Å². The Labute approximate surface area is 145 Å². The molecule has 2 aliphatic rings. The SMILES string of the molecule is CC(CC(=O)NC1CCCc2c1cnn2C)C1CCCNC1.Cl. The topological polar surface area (TPSA) is 59.0 Å². The first-order chi connectivity index (χ1) is 10.6. The lowest BCUT2D eigenvalue weighted by molar-refractivity contribution is -0.123. The second-order valence-electron chi connectivity index (χ2n) is 6.97. The summed E-state index contributed by atoms with van der Waals surface area (Å²) < 4.78 is 1.95. The highest BCUT2D eigenvalue weighted by Crippen LogP contribution is 2.30. The minimum absolute atomic E-state index is 0. The molecule has 0 radical (unpaired) electrons. The zero-order valence-corrected chi connectivity index (χ0v) is 15.0. The molecule has 0 saturated carbocycles. The quantitative estimate of drug-likeness (QED) is 0.884. The first kappa shape index (κ1) is 18.3. The van der Waals surface area contributed by atoms with Gasteiger partial charge in [-0.05, 0) is 57.0 Å². The van der Waals surface area contributed by atoms with Gasteiger partial charge in [-0.3, -0.25) is 9.48 Å². The molecule has 2 heterocycles. The van der Waals surface area contributed by atoms with Crippen molar-refractivity contribution >= 4 is 18.3 Å². The smallest absolute Gasteiger partial charge is 0.220 e. The van der Waals surface area contributed by atoms with Gasteiger partial charge < -0.3 is 10.6 Å². The van der Waals surface area contributed by atoms with E-state index in [2.05, 4.69) is 22.7 Å². The third kappa shape index (κ3) is 4.27. The Morgan fingerprint density at radius 3 is 3.04 bits per heavy atom. The number of rotatable bonds is 4. The normalized spacial score (nSPS) is 25.1. The summed E-state index contributed by atoms with van der Waals surface area (Å²) in [5, 5.41) is 11.0. The molecule has 1 saturated heterocycles. The van der Waals surface area contributed by atoms with Gasteiger partial charge in [0.2, 0.25) is 5.91 Å². The summed E-state index contributed by atoms with van der Waals surface area (Å²) in [6.45, 7) is 4.40. The Morgan fingerprint density at radius 1 is 1.48 bits per heavy atom. The molecule has 3 atom stereocenters. The van der Waals surface area contributed by atoms with Gasteiger partial charge in [0.1, 0.15) is 0 Å². The lowest BCUT2D eigenvalue weighted by Gasteiger charge is -2.29. The van der Waals surface area contributed by atoms with Crippen molar-refractivity contribution in [3.05, 3.63) is 17.5 Å². The molecule has 6 heteroatoms. The van der Waals surface area contributed by atoms with Crippen molar-refractivity contribution < 1.29 is 4.79 Å². The van der Waals surface area contributed by atoms with Gasteiger partial charge in [-0.25, -0.2) is 0 Å². The number of aryl methyl sites for hydroxylation is 1. The van der Waals surface area contributed by atoms with E-state index in [1.54, 1.807) is 0 Å². The number of piperidine rings is 1. The highest BCUT2D eigenvalue weighted by atomic mass is 35.5. The van der Waals surface area contributed by atoms with Crippen LogP contribution in [0.3, 0.4) is 0 Å². The summed E-state index contributed by atoms with van der Waals surface area (Å²) in [4.78, 5) is 12.4. The van der Waals surface area contributed by atoms with Gasteiger partial charge in [0.15, 0.2) is 0 Å². The van der Waals surface area contributed by atoms with E-state index in [-0.39, 0.29) is 24.4 Å². The van der Waals surface area contributed by atoms with Crippen LogP contribution >= 0.6 is 12.4 Å². The predicted molar refractivity (Wildman–Crippen MR) is 93.7 cm³/mol. The Morgan fingerprint density at radius 2 is 2.30 bits per heavy atom. The van der Waals surface area contributed by atoms with E-state index in [0.29, 0.717) is 18.3 Å². The number of nitrogens with one attached hydrogen (secondary N) is 2. The molecule has 0 spiro atoms. The van der Waals surface area contributed by atoms with Crippen molar-refractivity contribution in [2.75, 3.05) is 13.1 Å². The maximum Gasteiger partial charge on any atom is 0.220 e. The van der Waals surface area contributed by atoms with E-state index in [9.17, 15) is 4.79 Å². The molecular formula is C17H29ClN4O. The third-order valence-corrected chi connectivity index (χ3v) is 5.36. The van der Waals surface area contributed by atoms with Gasteiger partial charge in [-0.15, -0.1) is 12.4 Å². The molecule has 1 aromatic heterocycles. The number of fused-ring (bicyclic) bond motifs is 1. The van der Waals surface area contributed by atoms with Crippen LogP contribution in [0, 0.1) is 11.8 Å². The number of hydrogen-bond donors (Lipinski definition) is 2. The van der Waals surface area contributed by atoms with Crippen LogP contribution in [-0.4, -0.2) is 28.8 Å². The summed E-state index contributed by atoms with van der Waals surface area (Å²) in [6, 6.07) is 0.154. The highest BCUT2D eigenvalue weighted by molar-refractivity contribution is 5.85. The first-order valence-electron chi connectivity index (χ1n) is 8.66. The molecule has 3 unspecified atom stereocenters. The van der Waals surface area contributed by atoms with Crippen LogP contribution in [0.15, 0.2) is 6.20 Å². The number of carbonyl (C=O) groups excluding carboxylic acids is 1. The Balaban J connectivity index is 0.00000192. The average Bonchev–Trinajstić information content (AvgIpc) is 2.91. The Hall–Kier alpha value is -1.07. The molecule has 5 nitrogen and oxygen atoms in total. The monoisotopic (exact) mass is 340 g/mol. The summed E-state index contributed by atoms with van der Waals surface area (Å²) in [7, 11) is 1.99. The number of carbonyl (C=O) groups is 1. The van der Waals surface area contributed by atoms with Crippen molar-refractivity contribution in [3.8, 4) is 0 Å². The number of halogens is 1. The molecule has 1 aliphatic heterocycles. The number of amides is 1. The molecule has 23 heavy (non-hydrogen) atoms. The fourth-order valence-electron chi connectivity index (χ4n) is 3.93. The first-order valence-corrected chi connectivity index (χ1v) is 8.66. The maximum atomic E-state index is 12.4. The molecular weight excluding hydrogens is 312 g/mol. The van der Waals surface area contributed by atoms with Crippen molar-refractivity contribution in [1.82, 2.24) is 20.4 Å². The van der Waals surface area contributed by atoms with E-state index in [1.807, 2.05) is 17.9 Å². The van der Waals surface area contributed by atoms with Crippen molar-refractivity contribution in [2.24, 2.45) is 18.9 Å². The van der Waals surface area contributed by atoms with Gasteiger partial charge in [-0.1, -0.05) is 6.92 Å². The largest absolute Gasteiger partial charge is 0.349 e. The summed E-state index contributed by atoms with van der Waals surface area (Å²) >= 11 is 0. The average molecular weight is 341 g/mol. The molecule has 3 rings (SSSR count).